The molecule has 1 amide bonds. The standard InChI is InChI=1S/C22H22N2O4/c1-23(2)13-18-12-17-9-10-24(14-20(17)28-18)22(26)16-7-5-15(6-8-16)21(25)19-4-3-11-27-19/h3-8,11-12H,9-10,13-14H2,1-2H3. The number of benzene rings is 1. The lowest BCUT2D eigenvalue weighted by atomic mass is 10.0. The van der Waals surface area contributed by atoms with Gasteiger partial charge in [-0.15, -0.1) is 0 Å². The van der Waals surface area contributed by atoms with Crippen LogP contribution >= 0.6 is 0 Å². The predicted octanol–water partition coefficient (Wildman–Crippen LogP) is 3.36. The van der Waals surface area contributed by atoms with E-state index >= 15 is 0 Å². The summed E-state index contributed by atoms with van der Waals surface area (Å²) in [6.45, 7) is 1.86. The van der Waals surface area contributed by atoms with Crippen LogP contribution in [0.1, 0.15) is 43.6 Å². The molecule has 6 nitrogen and oxygen atoms in total. The summed E-state index contributed by atoms with van der Waals surface area (Å²) in [6.07, 6.45) is 2.25. The van der Waals surface area contributed by atoms with Crippen LogP contribution in [-0.4, -0.2) is 42.1 Å². The van der Waals surface area contributed by atoms with E-state index in [1.54, 1.807) is 41.3 Å². The fourth-order valence-corrected chi connectivity index (χ4v) is 3.44. The summed E-state index contributed by atoms with van der Waals surface area (Å²) in [5.41, 5.74) is 2.23. The first-order valence-electron chi connectivity index (χ1n) is 9.24. The summed E-state index contributed by atoms with van der Waals surface area (Å²) in [6, 6.07) is 12.1. The van der Waals surface area contributed by atoms with Gasteiger partial charge in [0.05, 0.1) is 19.4 Å². The average Bonchev–Trinajstić information content (AvgIpc) is 3.35. The van der Waals surface area contributed by atoms with E-state index in [9.17, 15) is 9.59 Å². The molecule has 1 aromatic carbocycles. The van der Waals surface area contributed by atoms with Gasteiger partial charge in [0.15, 0.2) is 5.76 Å². The van der Waals surface area contributed by atoms with E-state index in [2.05, 4.69) is 11.0 Å². The Hall–Kier alpha value is -3.12. The third-order valence-corrected chi connectivity index (χ3v) is 4.83. The fraction of sp³-hybridized carbons (Fsp3) is 0.273. The van der Waals surface area contributed by atoms with Crippen LogP contribution in [0, 0.1) is 0 Å². The van der Waals surface area contributed by atoms with Crippen molar-refractivity contribution in [3.8, 4) is 0 Å². The van der Waals surface area contributed by atoms with Crippen molar-refractivity contribution in [3.63, 3.8) is 0 Å². The van der Waals surface area contributed by atoms with Crippen molar-refractivity contribution in [1.82, 2.24) is 9.80 Å². The molecule has 0 atom stereocenters. The van der Waals surface area contributed by atoms with Crippen LogP contribution in [0.3, 0.4) is 0 Å². The van der Waals surface area contributed by atoms with Crippen molar-refractivity contribution in [1.29, 1.82) is 0 Å². The van der Waals surface area contributed by atoms with E-state index < -0.39 is 0 Å². The third-order valence-electron chi connectivity index (χ3n) is 4.83. The molecular formula is C22H22N2O4. The zero-order valence-corrected chi connectivity index (χ0v) is 16.0. The van der Waals surface area contributed by atoms with Crippen molar-refractivity contribution in [2.75, 3.05) is 20.6 Å². The molecule has 0 unspecified atom stereocenters. The number of hydrogen-bond acceptors (Lipinski definition) is 5. The Morgan fingerprint density at radius 3 is 2.54 bits per heavy atom. The SMILES string of the molecule is CN(C)Cc1cc2c(o1)CN(C(=O)c1ccc(C(=O)c3ccco3)cc1)CC2. The van der Waals surface area contributed by atoms with Crippen molar-refractivity contribution in [2.24, 2.45) is 0 Å². The summed E-state index contributed by atoms with van der Waals surface area (Å²) in [4.78, 5) is 29.0. The summed E-state index contributed by atoms with van der Waals surface area (Å²) in [5.74, 6) is 1.81. The van der Waals surface area contributed by atoms with Crippen molar-refractivity contribution >= 4 is 11.7 Å². The first kappa shape index (κ1) is 18.3. The highest BCUT2D eigenvalue weighted by Gasteiger charge is 2.25. The number of rotatable bonds is 5. The number of amides is 1. The molecule has 2 aromatic heterocycles. The van der Waals surface area contributed by atoms with E-state index in [4.69, 9.17) is 8.83 Å². The zero-order valence-electron chi connectivity index (χ0n) is 16.0. The minimum Gasteiger partial charge on any atom is -0.463 e. The molecule has 3 heterocycles. The summed E-state index contributed by atoms with van der Waals surface area (Å²) in [7, 11) is 4.00. The van der Waals surface area contributed by atoms with Crippen molar-refractivity contribution < 1.29 is 18.4 Å². The number of carbonyl (C=O) groups excluding carboxylic acids is 2. The second-order valence-electron chi connectivity index (χ2n) is 7.26. The molecule has 3 aromatic rings. The number of fused-ring (bicyclic) bond motifs is 1. The molecule has 0 aliphatic carbocycles. The Balaban J connectivity index is 1.46. The van der Waals surface area contributed by atoms with Gasteiger partial charge < -0.3 is 18.6 Å². The van der Waals surface area contributed by atoms with Gasteiger partial charge in [0.1, 0.15) is 11.5 Å². The first-order valence-corrected chi connectivity index (χ1v) is 9.24. The maximum atomic E-state index is 12.9. The molecule has 4 rings (SSSR count). The molecule has 0 spiro atoms. The lowest BCUT2D eigenvalue weighted by Gasteiger charge is -2.26. The highest BCUT2D eigenvalue weighted by atomic mass is 16.3. The summed E-state index contributed by atoms with van der Waals surface area (Å²) in [5, 5.41) is 0. The normalized spacial score (nSPS) is 13.6. The molecule has 144 valence electrons. The molecule has 28 heavy (non-hydrogen) atoms. The third kappa shape index (κ3) is 3.64. The van der Waals surface area contributed by atoms with Crippen LogP contribution in [0.25, 0.3) is 0 Å². The molecule has 1 aliphatic heterocycles. The number of nitrogens with zero attached hydrogens (tertiary/aromatic N) is 2. The number of furan rings is 2. The Labute approximate surface area is 163 Å². The molecule has 0 bridgehead atoms. The lowest BCUT2D eigenvalue weighted by Crippen LogP contribution is -2.35. The van der Waals surface area contributed by atoms with E-state index in [0.29, 0.717) is 24.2 Å². The quantitative estimate of drug-likeness (QED) is 0.637. The molecular weight excluding hydrogens is 356 g/mol. The number of hydrogen-bond donors (Lipinski definition) is 0. The van der Waals surface area contributed by atoms with Crippen LogP contribution in [0.2, 0.25) is 0 Å². The molecule has 0 saturated heterocycles. The van der Waals surface area contributed by atoms with Crippen LogP contribution in [0.15, 0.2) is 57.6 Å². The largest absolute Gasteiger partial charge is 0.463 e. The van der Waals surface area contributed by atoms with E-state index in [-0.39, 0.29) is 17.5 Å². The average molecular weight is 378 g/mol. The van der Waals surface area contributed by atoms with E-state index in [1.165, 1.54) is 11.8 Å². The van der Waals surface area contributed by atoms with Gasteiger partial charge in [0.2, 0.25) is 5.78 Å². The van der Waals surface area contributed by atoms with E-state index in [0.717, 1.165) is 24.5 Å². The van der Waals surface area contributed by atoms with Gasteiger partial charge in [0, 0.05) is 17.7 Å². The Morgan fingerprint density at radius 2 is 1.86 bits per heavy atom. The summed E-state index contributed by atoms with van der Waals surface area (Å²) < 4.78 is 11.1. The van der Waals surface area contributed by atoms with Gasteiger partial charge in [-0.25, -0.2) is 0 Å². The van der Waals surface area contributed by atoms with Gasteiger partial charge in [-0.2, -0.15) is 0 Å². The molecule has 0 saturated carbocycles. The van der Waals surface area contributed by atoms with Gasteiger partial charge in [-0.3, -0.25) is 9.59 Å². The molecule has 0 fully saturated rings. The highest BCUT2D eigenvalue weighted by Crippen LogP contribution is 2.25. The minimum absolute atomic E-state index is 0.0618. The Morgan fingerprint density at radius 1 is 1.11 bits per heavy atom. The molecule has 0 N–H and O–H groups in total. The van der Waals surface area contributed by atoms with Gasteiger partial charge in [-0.1, -0.05) is 12.1 Å². The minimum atomic E-state index is -0.198. The van der Waals surface area contributed by atoms with Crippen molar-refractivity contribution in [3.05, 3.63) is 82.7 Å². The highest BCUT2D eigenvalue weighted by molar-refractivity contribution is 6.07. The maximum absolute atomic E-state index is 12.9. The maximum Gasteiger partial charge on any atom is 0.254 e. The van der Waals surface area contributed by atoms with Gasteiger partial charge in [-0.05, 0) is 56.4 Å². The number of carbonyl (C=O) groups is 2. The van der Waals surface area contributed by atoms with Gasteiger partial charge >= 0.3 is 0 Å². The monoisotopic (exact) mass is 378 g/mol. The van der Waals surface area contributed by atoms with E-state index in [1.807, 2.05) is 14.1 Å². The second-order valence-corrected chi connectivity index (χ2v) is 7.26. The van der Waals surface area contributed by atoms with Crippen LogP contribution in [0.5, 0.6) is 0 Å². The van der Waals surface area contributed by atoms with Crippen LogP contribution < -0.4 is 0 Å². The first-order chi connectivity index (χ1) is 13.5. The lowest BCUT2D eigenvalue weighted by molar-refractivity contribution is 0.0718. The molecule has 6 heteroatoms. The predicted molar refractivity (Wildman–Crippen MR) is 103 cm³/mol. The van der Waals surface area contributed by atoms with Crippen LogP contribution in [-0.2, 0) is 19.5 Å². The second kappa shape index (κ2) is 7.48. The van der Waals surface area contributed by atoms with Crippen LogP contribution in [0.4, 0.5) is 0 Å². The molecule has 0 radical (unpaired) electrons. The topological polar surface area (TPSA) is 66.9 Å². The summed E-state index contributed by atoms with van der Waals surface area (Å²) >= 11 is 0. The smallest absolute Gasteiger partial charge is 0.254 e. The molecule has 1 aliphatic rings. The fourth-order valence-electron chi connectivity index (χ4n) is 3.44. The zero-order chi connectivity index (χ0) is 19.7. The van der Waals surface area contributed by atoms with Crippen molar-refractivity contribution in [2.45, 2.75) is 19.5 Å². The number of ketones is 1. The van der Waals surface area contributed by atoms with Gasteiger partial charge in [0.25, 0.3) is 5.91 Å². The Bertz CT molecular complexity index is 984. The Kier molecular flexibility index (Phi) is 4.88.